The van der Waals surface area contributed by atoms with Crippen molar-refractivity contribution in [1.82, 2.24) is 15.2 Å². The number of nitrogens with one attached hydrogen (secondary N) is 2. The monoisotopic (exact) mass is 468 g/mol. The number of carbonyl (C=O) groups excluding carboxylic acids is 2. The first kappa shape index (κ1) is 20.3. The molecule has 7 nitrogen and oxygen atoms in total. The van der Waals surface area contributed by atoms with E-state index in [0.717, 1.165) is 36.1 Å². The molecule has 4 rings (SSSR count). The lowest BCUT2D eigenvalue weighted by atomic mass is 10.1. The van der Waals surface area contributed by atoms with Gasteiger partial charge in [0.2, 0.25) is 0 Å². The zero-order valence-corrected chi connectivity index (χ0v) is 17.8. The van der Waals surface area contributed by atoms with Crippen LogP contribution in [0.5, 0.6) is 0 Å². The van der Waals surface area contributed by atoms with E-state index in [1.54, 1.807) is 36.5 Å². The van der Waals surface area contributed by atoms with Gasteiger partial charge in [-0.3, -0.25) is 14.6 Å². The Hall–Kier alpha value is -2.97. The predicted octanol–water partition coefficient (Wildman–Crippen LogP) is 3.79. The number of amides is 2. The molecule has 2 N–H and O–H groups in total. The minimum absolute atomic E-state index is 0.0866. The summed E-state index contributed by atoms with van der Waals surface area (Å²) in [5, 5.41) is 6.13. The van der Waals surface area contributed by atoms with Crippen molar-refractivity contribution in [3.63, 3.8) is 0 Å². The number of pyridine rings is 1. The molecule has 0 aliphatic carbocycles. The second kappa shape index (κ2) is 9.23. The van der Waals surface area contributed by atoms with Crippen molar-refractivity contribution in [2.45, 2.75) is 6.42 Å². The first-order valence-corrected chi connectivity index (χ1v) is 10.5. The van der Waals surface area contributed by atoms with Gasteiger partial charge in [0.25, 0.3) is 11.8 Å². The summed E-state index contributed by atoms with van der Waals surface area (Å²) in [7, 11) is 0. The number of nitrogens with zero attached hydrogens (tertiary/aromatic N) is 2. The maximum absolute atomic E-state index is 12.7. The van der Waals surface area contributed by atoms with Gasteiger partial charge in [-0.05, 0) is 71.4 Å². The molecule has 2 amide bonds. The normalized spacial score (nSPS) is 14.2. The maximum Gasteiger partial charge on any atom is 0.289 e. The van der Waals surface area contributed by atoms with Crippen molar-refractivity contribution >= 4 is 33.4 Å². The topological polar surface area (TPSA) is 87.5 Å². The van der Waals surface area contributed by atoms with Crippen LogP contribution in [0.25, 0.3) is 11.3 Å². The van der Waals surface area contributed by atoms with E-state index >= 15 is 0 Å². The van der Waals surface area contributed by atoms with Crippen LogP contribution in [0, 0.1) is 0 Å². The van der Waals surface area contributed by atoms with Gasteiger partial charge >= 0.3 is 0 Å². The van der Waals surface area contributed by atoms with Crippen molar-refractivity contribution < 1.29 is 14.0 Å². The Morgan fingerprint density at radius 2 is 1.90 bits per heavy atom. The molecule has 3 heterocycles. The van der Waals surface area contributed by atoms with Gasteiger partial charge in [0.05, 0.1) is 5.56 Å². The zero-order chi connectivity index (χ0) is 20.9. The summed E-state index contributed by atoms with van der Waals surface area (Å²) in [5.41, 5.74) is 1.95. The van der Waals surface area contributed by atoms with Crippen molar-refractivity contribution in [2.75, 3.05) is 31.5 Å². The van der Waals surface area contributed by atoms with Gasteiger partial charge in [0.1, 0.15) is 5.76 Å². The standard InChI is InChI=1S/C22H21BrN4O3/c23-17-12-16(13-25-14-17)21(28)26-18-4-2-15(3-5-18)19-6-7-20(30-19)22(29)27-10-1-8-24-9-11-27/h2-7,12-14,24H,1,8-11H2,(H,26,28). The molecule has 1 saturated heterocycles. The fourth-order valence-corrected chi connectivity index (χ4v) is 3.63. The number of furan rings is 1. The van der Waals surface area contributed by atoms with E-state index in [1.807, 2.05) is 17.0 Å². The fraction of sp³-hybridized carbons (Fsp3) is 0.227. The Labute approximate surface area is 182 Å². The molecule has 0 bridgehead atoms. The Kier molecular flexibility index (Phi) is 6.25. The molecule has 30 heavy (non-hydrogen) atoms. The van der Waals surface area contributed by atoms with Crippen molar-refractivity contribution in [2.24, 2.45) is 0 Å². The van der Waals surface area contributed by atoms with Crippen LogP contribution in [-0.2, 0) is 0 Å². The molecule has 1 fully saturated rings. The Balaban J connectivity index is 1.43. The smallest absolute Gasteiger partial charge is 0.289 e. The molecule has 8 heteroatoms. The second-order valence-corrected chi connectivity index (χ2v) is 7.90. The number of aromatic nitrogens is 1. The first-order chi connectivity index (χ1) is 14.6. The van der Waals surface area contributed by atoms with Gasteiger partial charge in [-0.15, -0.1) is 0 Å². The highest BCUT2D eigenvalue weighted by Crippen LogP contribution is 2.25. The predicted molar refractivity (Wildman–Crippen MR) is 117 cm³/mol. The summed E-state index contributed by atoms with van der Waals surface area (Å²) in [6.45, 7) is 3.12. The lowest BCUT2D eigenvalue weighted by molar-refractivity contribution is 0.0735. The van der Waals surface area contributed by atoms with Crippen molar-refractivity contribution in [3.05, 3.63) is 70.7 Å². The molecule has 0 atom stereocenters. The molecule has 154 valence electrons. The van der Waals surface area contributed by atoms with Crippen LogP contribution in [0.15, 0.2) is 63.7 Å². The van der Waals surface area contributed by atoms with Crippen molar-refractivity contribution in [1.29, 1.82) is 0 Å². The van der Waals surface area contributed by atoms with E-state index in [0.29, 0.717) is 29.3 Å². The summed E-state index contributed by atoms with van der Waals surface area (Å²) in [4.78, 5) is 30.8. The average molecular weight is 469 g/mol. The number of carbonyl (C=O) groups is 2. The van der Waals surface area contributed by atoms with Gasteiger partial charge in [0, 0.05) is 47.8 Å². The van der Waals surface area contributed by atoms with Crippen LogP contribution in [0.2, 0.25) is 0 Å². The van der Waals surface area contributed by atoms with E-state index in [4.69, 9.17) is 4.42 Å². The summed E-state index contributed by atoms with van der Waals surface area (Å²) in [6, 6.07) is 12.5. The number of hydrogen-bond acceptors (Lipinski definition) is 5. The quantitative estimate of drug-likeness (QED) is 0.607. The second-order valence-electron chi connectivity index (χ2n) is 6.98. The van der Waals surface area contributed by atoms with Crippen LogP contribution in [-0.4, -0.2) is 47.9 Å². The molecule has 0 unspecified atom stereocenters. The number of rotatable bonds is 4. The molecular formula is C22H21BrN4O3. The van der Waals surface area contributed by atoms with Gasteiger partial charge in [-0.2, -0.15) is 0 Å². The Bertz CT molecular complexity index is 1040. The summed E-state index contributed by atoms with van der Waals surface area (Å²) in [5.74, 6) is 0.623. The fourth-order valence-electron chi connectivity index (χ4n) is 3.27. The van der Waals surface area contributed by atoms with Gasteiger partial charge in [0.15, 0.2) is 5.76 Å². The van der Waals surface area contributed by atoms with Crippen LogP contribution in [0.4, 0.5) is 5.69 Å². The highest BCUT2D eigenvalue weighted by molar-refractivity contribution is 9.10. The number of anilines is 1. The van der Waals surface area contributed by atoms with Crippen LogP contribution < -0.4 is 10.6 Å². The average Bonchev–Trinajstić information content (AvgIpc) is 3.09. The number of halogens is 1. The van der Waals surface area contributed by atoms with E-state index in [-0.39, 0.29) is 11.8 Å². The van der Waals surface area contributed by atoms with E-state index < -0.39 is 0 Å². The van der Waals surface area contributed by atoms with E-state index in [9.17, 15) is 9.59 Å². The summed E-state index contributed by atoms with van der Waals surface area (Å²) < 4.78 is 6.56. The molecule has 0 radical (unpaired) electrons. The third kappa shape index (κ3) is 4.77. The lowest BCUT2D eigenvalue weighted by Gasteiger charge is -2.18. The minimum Gasteiger partial charge on any atom is -0.451 e. The molecule has 1 aliphatic heterocycles. The molecule has 1 aromatic carbocycles. The van der Waals surface area contributed by atoms with Crippen LogP contribution in [0.1, 0.15) is 27.3 Å². The molecular weight excluding hydrogens is 448 g/mol. The molecule has 3 aromatic rings. The van der Waals surface area contributed by atoms with Crippen molar-refractivity contribution in [3.8, 4) is 11.3 Å². The number of benzene rings is 1. The summed E-state index contributed by atoms with van der Waals surface area (Å²) >= 11 is 3.31. The van der Waals surface area contributed by atoms with Crippen LogP contribution >= 0.6 is 15.9 Å². The maximum atomic E-state index is 12.7. The molecule has 1 aliphatic rings. The van der Waals surface area contributed by atoms with Gasteiger partial charge in [-0.1, -0.05) is 0 Å². The Morgan fingerprint density at radius 1 is 1.07 bits per heavy atom. The first-order valence-electron chi connectivity index (χ1n) is 9.72. The van der Waals surface area contributed by atoms with E-state index in [2.05, 4.69) is 31.5 Å². The largest absolute Gasteiger partial charge is 0.451 e. The van der Waals surface area contributed by atoms with Crippen LogP contribution in [0.3, 0.4) is 0 Å². The SMILES string of the molecule is O=C(Nc1ccc(-c2ccc(C(=O)N3CCCNCC3)o2)cc1)c1cncc(Br)c1. The third-order valence-electron chi connectivity index (χ3n) is 4.84. The molecule has 0 saturated carbocycles. The van der Waals surface area contributed by atoms with Gasteiger partial charge < -0.3 is 20.0 Å². The van der Waals surface area contributed by atoms with E-state index in [1.165, 1.54) is 6.20 Å². The lowest BCUT2D eigenvalue weighted by Crippen LogP contribution is -2.33. The minimum atomic E-state index is -0.241. The third-order valence-corrected chi connectivity index (χ3v) is 5.27. The summed E-state index contributed by atoms with van der Waals surface area (Å²) in [6.07, 6.45) is 4.07. The zero-order valence-electron chi connectivity index (χ0n) is 16.2. The number of hydrogen-bond donors (Lipinski definition) is 2. The Morgan fingerprint density at radius 3 is 2.70 bits per heavy atom. The molecule has 0 spiro atoms. The highest BCUT2D eigenvalue weighted by atomic mass is 79.9. The molecule has 2 aromatic heterocycles. The van der Waals surface area contributed by atoms with Gasteiger partial charge in [-0.25, -0.2) is 0 Å². The highest BCUT2D eigenvalue weighted by Gasteiger charge is 2.20.